The molecule has 3 amide bonds. The van der Waals surface area contributed by atoms with Gasteiger partial charge in [0.25, 0.3) is 0 Å². The number of nitrogens with zero attached hydrogens (tertiary/aromatic N) is 1. The lowest BCUT2D eigenvalue weighted by Gasteiger charge is -2.17. The lowest BCUT2D eigenvalue weighted by atomic mass is 10.4. The van der Waals surface area contributed by atoms with E-state index in [4.69, 9.17) is 11.6 Å². The van der Waals surface area contributed by atoms with Crippen molar-refractivity contribution in [1.82, 2.24) is 10.2 Å². The van der Waals surface area contributed by atoms with Gasteiger partial charge in [-0.25, -0.2) is 13.2 Å². The highest BCUT2D eigenvalue weighted by Crippen LogP contribution is 1.94. The SMILES string of the molecule is CC(Cl)C(=O)NC(=O)N(C)CCS(C)(=O)=O. The molecule has 0 aliphatic carbocycles. The van der Waals surface area contributed by atoms with E-state index in [1.165, 1.54) is 14.0 Å². The zero-order valence-corrected chi connectivity index (χ0v) is 10.9. The Morgan fingerprint density at radius 1 is 1.44 bits per heavy atom. The molecular weight excluding hydrogens is 256 g/mol. The largest absolute Gasteiger partial charge is 0.327 e. The summed E-state index contributed by atoms with van der Waals surface area (Å²) in [6.07, 6.45) is 1.07. The van der Waals surface area contributed by atoms with Gasteiger partial charge in [-0.05, 0) is 6.92 Å². The van der Waals surface area contributed by atoms with Gasteiger partial charge < -0.3 is 4.90 Å². The van der Waals surface area contributed by atoms with E-state index in [9.17, 15) is 18.0 Å². The van der Waals surface area contributed by atoms with E-state index in [1.54, 1.807) is 0 Å². The molecule has 0 radical (unpaired) electrons. The number of hydrogen-bond donors (Lipinski definition) is 1. The van der Waals surface area contributed by atoms with Gasteiger partial charge in [-0.3, -0.25) is 10.1 Å². The molecule has 16 heavy (non-hydrogen) atoms. The van der Waals surface area contributed by atoms with Crippen molar-refractivity contribution in [1.29, 1.82) is 0 Å². The van der Waals surface area contributed by atoms with Gasteiger partial charge in [-0.15, -0.1) is 11.6 Å². The van der Waals surface area contributed by atoms with Crippen LogP contribution >= 0.6 is 11.6 Å². The van der Waals surface area contributed by atoms with E-state index >= 15 is 0 Å². The predicted molar refractivity (Wildman–Crippen MR) is 61.2 cm³/mol. The maximum Gasteiger partial charge on any atom is 0.323 e. The minimum atomic E-state index is -3.13. The van der Waals surface area contributed by atoms with E-state index in [2.05, 4.69) is 0 Å². The highest BCUT2D eigenvalue weighted by atomic mass is 35.5. The van der Waals surface area contributed by atoms with Crippen molar-refractivity contribution in [3.05, 3.63) is 0 Å². The molecule has 1 atom stereocenters. The summed E-state index contributed by atoms with van der Waals surface area (Å²) in [7, 11) is -1.73. The van der Waals surface area contributed by atoms with Gasteiger partial charge in [0.2, 0.25) is 5.91 Å². The maximum atomic E-state index is 11.3. The number of halogens is 1. The number of carbonyl (C=O) groups is 2. The average molecular weight is 271 g/mol. The molecule has 0 aliphatic rings. The summed E-state index contributed by atoms with van der Waals surface area (Å²) in [5.74, 6) is -0.764. The van der Waals surface area contributed by atoms with Gasteiger partial charge in [0, 0.05) is 19.8 Å². The third kappa shape index (κ3) is 6.62. The number of imide groups is 1. The Hall–Kier alpha value is -0.820. The summed E-state index contributed by atoms with van der Waals surface area (Å²) < 4.78 is 21.7. The second kappa shape index (κ2) is 6.05. The van der Waals surface area contributed by atoms with Gasteiger partial charge in [-0.2, -0.15) is 0 Å². The molecule has 0 bridgehead atoms. The quantitative estimate of drug-likeness (QED) is 0.719. The first kappa shape index (κ1) is 15.2. The van der Waals surface area contributed by atoms with Crippen LogP contribution in [0.25, 0.3) is 0 Å². The van der Waals surface area contributed by atoms with Crippen LogP contribution < -0.4 is 5.32 Å². The summed E-state index contributed by atoms with van der Waals surface area (Å²) in [4.78, 5) is 23.5. The minimum Gasteiger partial charge on any atom is -0.327 e. The second-order valence-corrected chi connectivity index (χ2v) is 6.38. The fraction of sp³-hybridized carbons (Fsp3) is 0.750. The molecule has 0 saturated carbocycles. The molecule has 0 aromatic heterocycles. The van der Waals surface area contributed by atoms with Crippen LogP contribution in [-0.4, -0.2) is 56.2 Å². The predicted octanol–water partition coefficient (Wildman–Crippen LogP) is -0.174. The van der Waals surface area contributed by atoms with Crippen LogP contribution in [0.3, 0.4) is 0 Å². The first-order chi connectivity index (χ1) is 7.13. The number of urea groups is 1. The van der Waals surface area contributed by atoms with Crippen molar-refractivity contribution >= 4 is 33.4 Å². The third-order valence-corrected chi connectivity index (χ3v) is 2.86. The van der Waals surface area contributed by atoms with Gasteiger partial charge >= 0.3 is 6.03 Å². The Bertz CT molecular complexity index is 366. The fourth-order valence-electron chi connectivity index (χ4n) is 0.705. The minimum absolute atomic E-state index is 0.0224. The van der Waals surface area contributed by atoms with Crippen molar-refractivity contribution in [2.45, 2.75) is 12.3 Å². The Morgan fingerprint density at radius 3 is 2.31 bits per heavy atom. The summed E-state index contributed by atoms with van der Waals surface area (Å²) >= 11 is 5.45. The third-order valence-electron chi connectivity index (χ3n) is 1.74. The van der Waals surface area contributed by atoms with Crippen molar-refractivity contribution in [3.8, 4) is 0 Å². The van der Waals surface area contributed by atoms with Gasteiger partial charge in [0.05, 0.1) is 5.75 Å². The number of alkyl halides is 1. The van der Waals surface area contributed by atoms with Crippen LogP contribution in [0.5, 0.6) is 0 Å². The normalized spacial score (nSPS) is 13.0. The van der Waals surface area contributed by atoms with Crippen LogP contribution in [0.15, 0.2) is 0 Å². The lowest BCUT2D eigenvalue weighted by molar-refractivity contribution is -0.119. The molecule has 0 rings (SSSR count). The molecule has 0 fully saturated rings. The molecule has 0 spiro atoms. The smallest absolute Gasteiger partial charge is 0.323 e. The summed E-state index contributed by atoms with van der Waals surface area (Å²) in [5.41, 5.74) is 0. The molecule has 8 heteroatoms. The van der Waals surface area contributed by atoms with E-state index in [0.717, 1.165) is 11.2 Å². The number of nitrogens with one attached hydrogen (secondary N) is 1. The molecule has 94 valence electrons. The monoisotopic (exact) mass is 270 g/mol. The molecule has 6 nitrogen and oxygen atoms in total. The maximum absolute atomic E-state index is 11.3. The van der Waals surface area contributed by atoms with E-state index in [-0.39, 0.29) is 12.3 Å². The van der Waals surface area contributed by atoms with Crippen molar-refractivity contribution < 1.29 is 18.0 Å². The number of carbonyl (C=O) groups excluding carboxylic acids is 2. The lowest BCUT2D eigenvalue weighted by Crippen LogP contribution is -2.44. The highest BCUT2D eigenvalue weighted by Gasteiger charge is 2.16. The van der Waals surface area contributed by atoms with E-state index < -0.39 is 27.2 Å². The topological polar surface area (TPSA) is 83.6 Å². The Labute approximate surface area is 99.9 Å². The molecular formula is C8H15ClN2O4S. The van der Waals surface area contributed by atoms with Crippen LogP contribution in [0.1, 0.15) is 6.92 Å². The first-order valence-corrected chi connectivity index (χ1v) is 7.01. The molecule has 0 aromatic carbocycles. The van der Waals surface area contributed by atoms with Crippen molar-refractivity contribution in [2.24, 2.45) is 0 Å². The fourth-order valence-corrected chi connectivity index (χ4v) is 1.36. The number of rotatable bonds is 4. The first-order valence-electron chi connectivity index (χ1n) is 4.51. The summed E-state index contributed by atoms with van der Waals surface area (Å²) in [5, 5.41) is 1.22. The number of hydrogen-bond acceptors (Lipinski definition) is 4. The Morgan fingerprint density at radius 2 is 1.94 bits per heavy atom. The Kier molecular flexibility index (Phi) is 5.74. The summed E-state index contributed by atoms with van der Waals surface area (Å²) in [6, 6.07) is -0.666. The standard InChI is InChI=1S/C8H15ClN2O4S/c1-6(9)7(12)10-8(13)11(2)4-5-16(3,14)15/h6H,4-5H2,1-3H3,(H,10,12,13). The van der Waals surface area contributed by atoms with E-state index in [0.29, 0.717) is 0 Å². The van der Waals surface area contributed by atoms with Gasteiger partial charge in [-0.1, -0.05) is 0 Å². The zero-order valence-electron chi connectivity index (χ0n) is 9.36. The van der Waals surface area contributed by atoms with Crippen molar-refractivity contribution in [2.75, 3.05) is 25.6 Å². The average Bonchev–Trinajstić information content (AvgIpc) is 2.12. The van der Waals surface area contributed by atoms with Crippen LogP contribution in [0.4, 0.5) is 4.79 Å². The highest BCUT2D eigenvalue weighted by molar-refractivity contribution is 7.90. The zero-order chi connectivity index (χ0) is 12.9. The van der Waals surface area contributed by atoms with Crippen molar-refractivity contribution in [3.63, 3.8) is 0 Å². The molecule has 0 aromatic rings. The molecule has 0 saturated heterocycles. The number of sulfone groups is 1. The molecule has 1 unspecified atom stereocenters. The van der Waals surface area contributed by atoms with Gasteiger partial charge in [0.15, 0.2) is 0 Å². The summed E-state index contributed by atoms with van der Waals surface area (Å²) in [6.45, 7) is 1.45. The van der Waals surface area contributed by atoms with Crippen LogP contribution in [-0.2, 0) is 14.6 Å². The molecule has 0 aliphatic heterocycles. The number of amides is 3. The van der Waals surface area contributed by atoms with E-state index in [1.807, 2.05) is 5.32 Å². The molecule has 0 heterocycles. The Balaban J connectivity index is 4.15. The molecule has 1 N–H and O–H groups in total. The van der Waals surface area contributed by atoms with Crippen LogP contribution in [0.2, 0.25) is 0 Å². The second-order valence-electron chi connectivity index (χ2n) is 3.46. The van der Waals surface area contributed by atoms with Gasteiger partial charge in [0.1, 0.15) is 15.2 Å². The van der Waals surface area contributed by atoms with Crippen LogP contribution in [0, 0.1) is 0 Å².